The molecule has 1 aromatic heterocycles. The molecule has 1 unspecified atom stereocenters. The second-order valence-electron chi connectivity index (χ2n) is 8.26. The normalized spacial score (nSPS) is 21.0. The third-order valence-corrected chi connectivity index (χ3v) is 8.76. The SMILES string of the molecule is O=C(OCC(=O)N(C1CCCCC1)C1CCS(=O)(=O)C1)c1sccc1-c1ccccc1. The van der Waals surface area contributed by atoms with Crippen LogP contribution in [0.15, 0.2) is 41.8 Å². The number of carbonyl (C=O) groups is 2. The van der Waals surface area contributed by atoms with Crippen LogP contribution in [-0.4, -0.2) is 55.4 Å². The van der Waals surface area contributed by atoms with Crippen LogP contribution < -0.4 is 0 Å². The van der Waals surface area contributed by atoms with Gasteiger partial charge in [-0.1, -0.05) is 49.6 Å². The molecule has 2 heterocycles. The van der Waals surface area contributed by atoms with Crippen molar-refractivity contribution in [2.75, 3.05) is 18.1 Å². The Hall–Kier alpha value is -2.19. The van der Waals surface area contributed by atoms with E-state index in [2.05, 4.69) is 0 Å². The van der Waals surface area contributed by atoms with E-state index < -0.39 is 15.8 Å². The fourth-order valence-electron chi connectivity index (χ4n) is 4.64. The summed E-state index contributed by atoms with van der Waals surface area (Å²) < 4.78 is 29.5. The number of ether oxygens (including phenoxy) is 1. The van der Waals surface area contributed by atoms with Gasteiger partial charge in [0.15, 0.2) is 16.4 Å². The largest absolute Gasteiger partial charge is 0.451 e. The first kappa shape index (κ1) is 22.0. The van der Waals surface area contributed by atoms with Crippen LogP contribution in [0, 0.1) is 0 Å². The monoisotopic (exact) mass is 461 g/mol. The number of carbonyl (C=O) groups excluding carboxylic acids is 2. The summed E-state index contributed by atoms with van der Waals surface area (Å²) >= 11 is 1.29. The van der Waals surface area contributed by atoms with Crippen molar-refractivity contribution >= 4 is 33.1 Å². The quantitative estimate of drug-likeness (QED) is 0.609. The van der Waals surface area contributed by atoms with Gasteiger partial charge in [-0.3, -0.25) is 4.79 Å². The first-order chi connectivity index (χ1) is 14.9. The van der Waals surface area contributed by atoms with Crippen molar-refractivity contribution in [1.82, 2.24) is 4.90 Å². The Morgan fingerprint density at radius 2 is 1.74 bits per heavy atom. The van der Waals surface area contributed by atoms with Crippen molar-refractivity contribution in [2.24, 2.45) is 0 Å². The summed E-state index contributed by atoms with van der Waals surface area (Å²) in [5, 5.41) is 1.83. The highest BCUT2D eigenvalue weighted by Gasteiger charge is 2.38. The van der Waals surface area contributed by atoms with Gasteiger partial charge in [0.2, 0.25) is 0 Å². The van der Waals surface area contributed by atoms with Crippen molar-refractivity contribution in [1.29, 1.82) is 0 Å². The molecule has 1 aromatic carbocycles. The van der Waals surface area contributed by atoms with E-state index in [1.165, 1.54) is 11.3 Å². The first-order valence-electron chi connectivity index (χ1n) is 10.8. The minimum Gasteiger partial charge on any atom is -0.451 e. The molecule has 1 saturated carbocycles. The number of benzene rings is 1. The molecule has 8 heteroatoms. The van der Waals surface area contributed by atoms with E-state index in [0.29, 0.717) is 11.3 Å². The molecule has 0 spiro atoms. The van der Waals surface area contributed by atoms with Crippen LogP contribution in [0.2, 0.25) is 0 Å². The zero-order valence-electron chi connectivity index (χ0n) is 17.4. The van der Waals surface area contributed by atoms with E-state index in [9.17, 15) is 18.0 Å². The maximum Gasteiger partial charge on any atom is 0.349 e. The average molecular weight is 462 g/mol. The molecule has 31 heavy (non-hydrogen) atoms. The van der Waals surface area contributed by atoms with E-state index in [0.717, 1.165) is 43.2 Å². The summed E-state index contributed by atoms with van der Waals surface area (Å²) in [6.45, 7) is -0.363. The Labute approximate surface area is 187 Å². The highest BCUT2D eigenvalue weighted by Crippen LogP contribution is 2.30. The summed E-state index contributed by atoms with van der Waals surface area (Å²) in [5.41, 5.74) is 1.70. The molecule has 1 saturated heterocycles. The van der Waals surface area contributed by atoms with Crippen LogP contribution >= 0.6 is 11.3 Å². The fraction of sp³-hybridized carbons (Fsp3) is 0.478. The molecular weight excluding hydrogens is 434 g/mol. The number of hydrogen-bond acceptors (Lipinski definition) is 6. The molecule has 0 radical (unpaired) electrons. The number of thiophene rings is 1. The van der Waals surface area contributed by atoms with Crippen LogP contribution in [0.5, 0.6) is 0 Å². The minimum atomic E-state index is -3.12. The van der Waals surface area contributed by atoms with Crippen molar-refractivity contribution in [2.45, 2.75) is 50.6 Å². The van der Waals surface area contributed by atoms with Crippen LogP contribution in [0.3, 0.4) is 0 Å². The minimum absolute atomic E-state index is 0.00622. The average Bonchev–Trinajstić information content (AvgIpc) is 3.40. The molecule has 2 fully saturated rings. The van der Waals surface area contributed by atoms with Gasteiger partial charge in [-0.2, -0.15) is 0 Å². The third-order valence-electron chi connectivity index (χ3n) is 6.12. The van der Waals surface area contributed by atoms with Crippen LogP contribution in [-0.2, 0) is 19.4 Å². The number of hydrogen-bond donors (Lipinski definition) is 0. The maximum atomic E-state index is 13.1. The zero-order chi connectivity index (χ0) is 21.8. The summed E-state index contributed by atoms with van der Waals surface area (Å²) in [7, 11) is -3.12. The molecule has 1 aliphatic heterocycles. The fourth-order valence-corrected chi connectivity index (χ4v) is 7.16. The standard InChI is InChI=1S/C23H27NO5S2/c25-21(24(18-9-5-2-6-10-18)19-12-14-31(27,28)16-19)15-29-23(26)22-20(11-13-30-22)17-7-3-1-4-8-17/h1,3-4,7-8,11,13,18-19H,2,5-6,9-10,12,14-16H2. The van der Waals surface area contributed by atoms with Crippen LogP contribution in [0.1, 0.15) is 48.2 Å². The van der Waals surface area contributed by atoms with Crippen molar-refractivity contribution < 1.29 is 22.7 Å². The summed E-state index contributed by atoms with van der Waals surface area (Å²) in [4.78, 5) is 28.1. The van der Waals surface area contributed by atoms with Crippen LogP contribution in [0.25, 0.3) is 11.1 Å². The molecule has 2 aromatic rings. The summed E-state index contributed by atoms with van der Waals surface area (Å²) in [5.74, 6) is -0.694. The molecular formula is C23H27NO5S2. The van der Waals surface area contributed by atoms with E-state index in [4.69, 9.17) is 4.74 Å². The number of rotatable bonds is 6. The molecule has 2 aliphatic rings. The number of sulfone groups is 1. The maximum absolute atomic E-state index is 13.1. The van der Waals surface area contributed by atoms with E-state index in [-0.39, 0.29) is 36.1 Å². The zero-order valence-corrected chi connectivity index (χ0v) is 19.0. The highest BCUT2D eigenvalue weighted by atomic mass is 32.2. The topological polar surface area (TPSA) is 80.8 Å². The third kappa shape index (κ3) is 5.18. The van der Waals surface area contributed by atoms with Gasteiger partial charge in [-0.25, -0.2) is 13.2 Å². The summed E-state index contributed by atoms with van der Waals surface area (Å²) in [6.07, 6.45) is 5.41. The lowest BCUT2D eigenvalue weighted by molar-refractivity contribution is -0.139. The van der Waals surface area contributed by atoms with Gasteiger partial charge in [-0.15, -0.1) is 11.3 Å². The first-order valence-corrected chi connectivity index (χ1v) is 13.5. The predicted octanol–water partition coefficient (Wildman–Crippen LogP) is 3.92. The lowest BCUT2D eigenvalue weighted by Gasteiger charge is -2.38. The van der Waals surface area contributed by atoms with Gasteiger partial charge >= 0.3 is 5.97 Å². The van der Waals surface area contributed by atoms with Crippen molar-refractivity contribution in [3.63, 3.8) is 0 Å². The Kier molecular flexibility index (Phi) is 6.77. The van der Waals surface area contributed by atoms with Crippen molar-refractivity contribution in [3.8, 4) is 11.1 Å². The molecule has 166 valence electrons. The number of nitrogens with zero attached hydrogens (tertiary/aromatic N) is 1. The van der Waals surface area contributed by atoms with Gasteiger partial charge in [0, 0.05) is 17.6 Å². The molecule has 1 atom stereocenters. The Bertz CT molecular complexity index is 1030. The molecule has 0 bridgehead atoms. The number of esters is 1. The number of amides is 1. The van der Waals surface area contributed by atoms with Gasteiger partial charge < -0.3 is 9.64 Å². The van der Waals surface area contributed by atoms with Gasteiger partial charge in [0.25, 0.3) is 5.91 Å². The van der Waals surface area contributed by atoms with E-state index >= 15 is 0 Å². The van der Waals surface area contributed by atoms with Crippen LogP contribution in [0.4, 0.5) is 0 Å². The van der Waals surface area contributed by atoms with Gasteiger partial charge in [0.1, 0.15) is 4.88 Å². The molecule has 4 rings (SSSR count). The Morgan fingerprint density at radius 1 is 1.00 bits per heavy atom. The summed E-state index contributed by atoms with van der Waals surface area (Å²) in [6, 6.07) is 11.2. The lowest BCUT2D eigenvalue weighted by Crippen LogP contribution is -2.50. The second-order valence-corrected chi connectivity index (χ2v) is 11.4. The Morgan fingerprint density at radius 3 is 2.42 bits per heavy atom. The van der Waals surface area contributed by atoms with E-state index in [1.807, 2.05) is 41.8 Å². The molecule has 6 nitrogen and oxygen atoms in total. The smallest absolute Gasteiger partial charge is 0.349 e. The predicted molar refractivity (Wildman–Crippen MR) is 121 cm³/mol. The second kappa shape index (κ2) is 9.53. The highest BCUT2D eigenvalue weighted by molar-refractivity contribution is 7.91. The molecule has 0 N–H and O–H groups in total. The lowest BCUT2D eigenvalue weighted by atomic mass is 9.93. The van der Waals surface area contributed by atoms with Crippen molar-refractivity contribution in [3.05, 3.63) is 46.7 Å². The van der Waals surface area contributed by atoms with Gasteiger partial charge in [0.05, 0.1) is 11.5 Å². The molecule has 1 aliphatic carbocycles. The van der Waals surface area contributed by atoms with Gasteiger partial charge in [-0.05, 0) is 36.3 Å². The van der Waals surface area contributed by atoms with E-state index in [1.54, 1.807) is 4.90 Å². The Balaban J connectivity index is 1.46. The molecule has 1 amide bonds.